The summed E-state index contributed by atoms with van der Waals surface area (Å²) < 4.78 is 37.5. The summed E-state index contributed by atoms with van der Waals surface area (Å²) in [5.74, 6) is 0.704. The molecule has 0 unspecified atom stereocenters. The Bertz CT molecular complexity index is 401. The quantitative estimate of drug-likeness (QED) is 0.908. The molecular weight excluding hydrogens is 309 g/mol. The highest BCUT2D eigenvalue weighted by Gasteiger charge is 2.32. The van der Waals surface area contributed by atoms with Crippen molar-refractivity contribution in [3.05, 3.63) is 21.9 Å². The molecule has 0 aliphatic carbocycles. The van der Waals surface area contributed by atoms with Gasteiger partial charge < -0.3 is 5.32 Å². The molecule has 0 spiro atoms. The Hall–Kier alpha value is -0.300. The van der Waals surface area contributed by atoms with Crippen molar-refractivity contribution in [1.29, 1.82) is 0 Å². The van der Waals surface area contributed by atoms with Gasteiger partial charge in [-0.2, -0.15) is 13.2 Å². The number of halogens is 4. The van der Waals surface area contributed by atoms with E-state index in [1.165, 1.54) is 6.07 Å². The average Bonchev–Trinajstić information content (AvgIpc) is 2.80. The van der Waals surface area contributed by atoms with E-state index >= 15 is 0 Å². The van der Waals surface area contributed by atoms with Crippen LogP contribution < -0.4 is 5.32 Å². The monoisotopic (exact) mass is 328 g/mol. The van der Waals surface area contributed by atoms with E-state index in [0.29, 0.717) is 12.5 Å². The zero-order valence-electron chi connectivity index (χ0n) is 11.4. The van der Waals surface area contributed by atoms with E-state index in [1.54, 1.807) is 6.07 Å². The molecule has 20 heavy (non-hydrogen) atoms. The molecule has 1 aromatic rings. The first-order chi connectivity index (χ1) is 8.99. The van der Waals surface area contributed by atoms with E-state index in [1.807, 2.05) is 7.05 Å². The van der Waals surface area contributed by atoms with Crippen molar-refractivity contribution in [2.24, 2.45) is 5.92 Å². The zero-order chi connectivity index (χ0) is 13.9. The van der Waals surface area contributed by atoms with Crippen LogP contribution in [-0.2, 0) is 12.7 Å². The molecule has 2 heterocycles. The minimum Gasteiger partial charge on any atom is -0.319 e. The van der Waals surface area contributed by atoms with Crippen LogP contribution in [0.2, 0.25) is 0 Å². The first-order valence-electron chi connectivity index (χ1n) is 6.52. The van der Waals surface area contributed by atoms with Crippen LogP contribution in [0.15, 0.2) is 12.1 Å². The van der Waals surface area contributed by atoms with Gasteiger partial charge in [-0.25, -0.2) is 0 Å². The molecule has 2 rings (SSSR count). The van der Waals surface area contributed by atoms with Crippen molar-refractivity contribution in [3.63, 3.8) is 0 Å². The van der Waals surface area contributed by atoms with Gasteiger partial charge in [0.15, 0.2) is 0 Å². The molecule has 2 nitrogen and oxygen atoms in total. The largest absolute Gasteiger partial charge is 0.425 e. The predicted molar refractivity (Wildman–Crippen MR) is 78.5 cm³/mol. The maximum atomic E-state index is 12.5. The molecule has 1 aromatic heterocycles. The number of likely N-dealkylation sites (tertiary alicyclic amines) is 1. The molecule has 7 heteroatoms. The minimum absolute atomic E-state index is 0. The van der Waals surface area contributed by atoms with Gasteiger partial charge in [-0.1, -0.05) is 0 Å². The third-order valence-corrected chi connectivity index (χ3v) is 4.64. The van der Waals surface area contributed by atoms with Crippen LogP contribution in [0, 0.1) is 5.92 Å². The highest BCUT2D eigenvalue weighted by atomic mass is 35.5. The minimum atomic E-state index is -4.21. The standard InChI is InChI=1S/C13H19F3N2S.ClH/c1-17-8-10-4-6-18(7-5-10)9-11-2-3-12(19-11)13(14,15)16;/h2-3,10,17H,4-9H2,1H3;1H. The lowest BCUT2D eigenvalue weighted by molar-refractivity contribution is -0.134. The third kappa shape index (κ3) is 4.91. The van der Waals surface area contributed by atoms with Crippen LogP contribution in [0.4, 0.5) is 13.2 Å². The van der Waals surface area contributed by atoms with Crippen LogP contribution >= 0.6 is 23.7 Å². The lowest BCUT2D eigenvalue weighted by Gasteiger charge is -2.31. The van der Waals surface area contributed by atoms with E-state index in [0.717, 1.165) is 48.7 Å². The number of piperidine rings is 1. The van der Waals surface area contributed by atoms with Crippen molar-refractivity contribution in [3.8, 4) is 0 Å². The lowest BCUT2D eigenvalue weighted by Crippen LogP contribution is -2.36. The van der Waals surface area contributed by atoms with Gasteiger partial charge in [0.2, 0.25) is 0 Å². The summed E-state index contributed by atoms with van der Waals surface area (Å²) in [6, 6.07) is 2.79. The smallest absolute Gasteiger partial charge is 0.319 e. The fraction of sp³-hybridized carbons (Fsp3) is 0.692. The number of hydrogen-bond donors (Lipinski definition) is 1. The highest BCUT2D eigenvalue weighted by molar-refractivity contribution is 7.12. The maximum absolute atomic E-state index is 12.5. The molecule has 0 amide bonds. The van der Waals surface area contributed by atoms with Gasteiger partial charge in [0, 0.05) is 11.4 Å². The predicted octanol–water partition coefficient (Wildman–Crippen LogP) is 3.62. The summed E-state index contributed by atoms with van der Waals surface area (Å²) in [6.45, 7) is 3.63. The lowest BCUT2D eigenvalue weighted by atomic mass is 9.97. The van der Waals surface area contributed by atoms with Crippen LogP contribution in [0.25, 0.3) is 0 Å². The van der Waals surface area contributed by atoms with Gasteiger partial charge in [-0.05, 0) is 57.6 Å². The van der Waals surface area contributed by atoms with E-state index in [4.69, 9.17) is 0 Å². The number of thiophene rings is 1. The molecule has 116 valence electrons. The molecule has 0 atom stereocenters. The van der Waals surface area contributed by atoms with Gasteiger partial charge in [-0.15, -0.1) is 23.7 Å². The molecule has 0 saturated carbocycles. The van der Waals surface area contributed by atoms with E-state index in [2.05, 4.69) is 10.2 Å². The van der Waals surface area contributed by atoms with Crippen LogP contribution in [0.5, 0.6) is 0 Å². The molecule has 1 aliphatic heterocycles. The number of hydrogen-bond acceptors (Lipinski definition) is 3. The van der Waals surface area contributed by atoms with Crippen LogP contribution in [-0.4, -0.2) is 31.6 Å². The molecule has 1 aliphatic rings. The summed E-state index contributed by atoms with van der Waals surface area (Å²) in [7, 11) is 1.96. The number of alkyl halides is 3. The number of nitrogens with zero attached hydrogens (tertiary/aromatic N) is 1. The number of nitrogens with one attached hydrogen (secondary N) is 1. The topological polar surface area (TPSA) is 15.3 Å². The second kappa shape index (κ2) is 7.64. The molecule has 0 aromatic carbocycles. The molecule has 1 fully saturated rings. The van der Waals surface area contributed by atoms with E-state index in [9.17, 15) is 13.2 Å². The second-order valence-corrected chi connectivity index (χ2v) is 6.21. The highest BCUT2D eigenvalue weighted by Crippen LogP contribution is 2.35. The fourth-order valence-corrected chi connectivity index (χ4v) is 3.39. The first-order valence-corrected chi connectivity index (χ1v) is 7.33. The first kappa shape index (κ1) is 17.8. The Kier molecular flexibility index (Phi) is 6.78. The van der Waals surface area contributed by atoms with Gasteiger partial charge in [0.05, 0.1) is 0 Å². The van der Waals surface area contributed by atoms with Gasteiger partial charge in [0.1, 0.15) is 4.88 Å². The SMILES string of the molecule is CNCC1CCN(Cc2ccc(C(F)(F)F)s2)CC1.Cl. The van der Waals surface area contributed by atoms with Crippen molar-refractivity contribution < 1.29 is 13.2 Å². The summed E-state index contributed by atoms with van der Waals surface area (Å²) in [4.78, 5) is 2.56. The summed E-state index contributed by atoms with van der Waals surface area (Å²) in [5.41, 5.74) is 0. The Morgan fingerprint density at radius 3 is 2.45 bits per heavy atom. The maximum Gasteiger partial charge on any atom is 0.425 e. The molecular formula is C13H20ClF3N2S. The Morgan fingerprint density at radius 1 is 1.30 bits per heavy atom. The number of rotatable bonds is 4. The molecule has 0 radical (unpaired) electrons. The summed E-state index contributed by atoms with van der Waals surface area (Å²) >= 11 is 0.866. The summed E-state index contributed by atoms with van der Waals surface area (Å²) in [5, 5.41) is 3.18. The Balaban J connectivity index is 0.00000200. The molecule has 1 saturated heterocycles. The van der Waals surface area contributed by atoms with Gasteiger partial charge in [0.25, 0.3) is 0 Å². The van der Waals surface area contributed by atoms with Gasteiger partial charge >= 0.3 is 6.18 Å². The van der Waals surface area contributed by atoms with Gasteiger partial charge in [-0.3, -0.25) is 4.90 Å². The van der Waals surface area contributed by atoms with Crippen molar-refractivity contribution in [1.82, 2.24) is 10.2 Å². The Labute approximate surface area is 127 Å². The average molecular weight is 329 g/mol. The van der Waals surface area contributed by atoms with Crippen molar-refractivity contribution >= 4 is 23.7 Å². The van der Waals surface area contributed by atoms with Crippen molar-refractivity contribution in [2.75, 3.05) is 26.7 Å². The van der Waals surface area contributed by atoms with E-state index in [-0.39, 0.29) is 12.4 Å². The van der Waals surface area contributed by atoms with Crippen molar-refractivity contribution in [2.45, 2.75) is 25.6 Å². The van der Waals surface area contributed by atoms with Crippen LogP contribution in [0.3, 0.4) is 0 Å². The second-order valence-electron chi connectivity index (χ2n) is 5.04. The third-order valence-electron chi connectivity index (χ3n) is 3.52. The fourth-order valence-electron chi connectivity index (χ4n) is 2.47. The van der Waals surface area contributed by atoms with Crippen LogP contribution in [0.1, 0.15) is 22.6 Å². The summed E-state index contributed by atoms with van der Waals surface area (Å²) in [6.07, 6.45) is -1.96. The Morgan fingerprint density at radius 2 is 1.95 bits per heavy atom. The normalized spacial score (nSPS) is 18.0. The van der Waals surface area contributed by atoms with E-state index < -0.39 is 11.1 Å². The molecule has 1 N–H and O–H groups in total. The zero-order valence-corrected chi connectivity index (χ0v) is 13.0. The molecule has 0 bridgehead atoms.